The Bertz CT molecular complexity index is 2170. The van der Waals surface area contributed by atoms with Gasteiger partial charge < -0.3 is 31.0 Å². The predicted molar refractivity (Wildman–Crippen MR) is 210 cm³/mol. The first-order valence-electron chi connectivity index (χ1n) is 16.1. The molecule has 6 aromatic rings. The molecule has 0 aliphatic heterocycles. The van der Waals surface area contributed by atoms with Gasteiger partial charge >= 0.3 is 19.3 Å². The molecule has 0 aliphatic carbocycles. The van der Waals surface area contributed by atoms with Gasteiger partial charge in [-0.1, -0.05) is 30.7 Å². The highest BCUT2D eigenvalue weighted by molar-refractivity contribution is 6.59. The summed E-state index contributed by atoms with van der Waals surface area (Å²) in [6.07, 6.45) is 4.86. The number of aryl methyl sites for hydroxylation is 2. The van der Waals surface area contributed by atoms with E-state index in [2.05, 4.69) is 19.9 Å². The van der Waals surface area contributed by atoms with Crippen molar-refractivity contribution in [2.75, 3.05) is 11.5 Å². The Hall–Kier alpha value is -5.51. The molecule has 53 heavy (non-hydrogen) atoms. The van der Waals surface area contributed by atoms with E-state index in [9.17, 15) is 19.6 Å². The molecular weight excluding hydrogens is 699 g/mol. The summed E-state index contributed by atoms with van der Waals surface area (Å²) >= 11 is 5.33. The van der Waals surface area contributed by atoms with E-state index in [1.54, 1.807) is 32.9 Å². The van der Waals surface area contributed by atoms with Crippen LogP contribution in [0.2, 0.25) is 5.28 Å². The maximum atomic E-state index is 12.7. The molecule has 0 radical (unpaired) electrons. The van der Waals surface area contributed by atoms with Crippen LogP contribution in [0.4, 0.5) is 21.0 Å². The number of carbonyl (C=O) groups is 2. The molecule has 0 saturated carbocycles. The third kappa shape index (κ3) is 11.2. The van der Waals surface area contributed by atoms with E-state index in [-0.39, 0.29) is 18.3 Å². The van der Waals surface area contributed by atoms with Crippen LogP contribution in [0.1, 0.15) is 60.1 Å². The van der Waals surface area contributed by atoms with Crippen molar-refractivity contribution in [2.45, 2.75) is 74.0 Å². The molecule has 280 valence electrons. The van der Waals surface area contributed by atoms with Crippen LogP contribution in [0.15, 0.2) is 73.3 Å². The molecule has 0 amide bonds. The number of hydrogen-bond acceptors (Lipinski definition) is 12. The van der Waals surface area contributed by atoms with Gasteiger partial charge in [-0.15, -0.1) is 0 Å². The zero-order chi connectivity index (χ0) is 38.5. The Morgan fingerprint density at radius 2 is 1.11 bits per heavy atom. The maximum absolute atomic E-state index is 12.7. The number of fused-ring (bicyclic) bond motifs is 2. The summed E-state index contributed by atoms with van der Waals surface area (Å²) in [6.45, 7) is 14.7. The highest BCUT2D eigenvalue weighted by atomic mass is 35.5. The summed E-state index contributed by atoms with van der Waals surface area (Å²) in [5.74, 6) is 0.420. The summed E-state index contributed by atoms with van der Waals surface area (Å²) in [6, 6.07) is 14.8. The first-order valence-corrected chi connectivity index (χ1v) is 16.5. The zero-order valence-corrected chi connectivity index (χ0v) is 31.0. The van der Waals surface area contributed by atoms with Crippen LogP contribution >= 0.6 is 11.6 Å². The maximum Gasteiger partial charge on any atom is 0.506 e. The second-order valence-electron chi connectivity index (χ2n) is 13.9. The zero-order valence-electron chi connectivity index (χ0n) is 30.2. The van der Waals surface area contributed by atoms with Crippen LogP contribution in [0.3, 0.4) is 0 Å². The molecule has 0 spiro atoms. The molecule has 16 heteroatoms. The third-order valence-corrected chi connectivity index (χ3v) is 7.10. The number of nitrogens with two attached hydrogens (primary N) is 2. The molecule has 4 heterocycles. The van der Waals surface area contributed by atoms with Crippen LogP contribution in [-0.4, -0.2) is 69.6 Å². The van der Waals surface area contributed by atoms with Crippen molar-refractivity contribution < 1.29 is 29.1 Å². The lowest BCUT2D eigenvalue weighted by atomic mass is 9.86. The monoisotopic (exact) mass is 744 g/mol. The highest BCUT2D eigenvalue weighted by Gasteiger charge is 2.27. The fourth-order valence-electron chi connectivity index (χ4n) is 4.85. The minimum Gasteiger partial charge on any atom is -0.443 e. The summed E-state index contributed by atoms with van der Waals surface area (Å²) in [4.78, 5) is 40.7. The van der Waals surface area contributed by atoms with Crippen LogP contribution in [0.5, 0.6) is 0 Å². The van der Waals surface area contributed by atoms with Gasteiger partial charge in [-0.3, -0.25) is 4.57 Å². The number of nitrogen functional groups attached to an aromatic ring is 2. The number of nitrogens with zero attached hydrogens (tertiary/aromatic N) is 6. The van der Waals surface area contributed by atoms with Gasteiger partial charge in [0.05, 0.1) is 58.5 Å². The van der Waals surface area contributed by atoms with Gasteiger partial charge in [0.25, 0.3) is 0 Å². The van der Waals surface area contributed by atoms with E-state index < -0.39 is 30.5 Å². The molecule has 0 atom stereocenters. The van der Waals surface area contributed by atoms with Crippen LogP contribution in [-0.2, 0) is 9.47 Å². The lowest BCUT2D eigenvalue weighted by Gasteiger charge is -2.21. The fraction of sp³-hybridized carbons (Fsp3) is 0.297. The van der Waals surface area contributed by atoms with Gasteiger partial charge in [-0.25, -0.2) is 34.1 Å². The number of halogens is 1. The van der Waals surface area contributed by atoms with Gasteiger partial charge in [0.2, 0.25) is 5.28 Å². The van der Waals surface area contributed by atoms with E-state index >= 15 is 0 Å². The van der Waals surface area contributed by atoms with Gasteiger partial charge in [-0.05, 0) is 103 Å². The van der Waals surface area contributed by atoms with Crippen molar-refractivity contribution in [2.24, 2.45) is 0 Å². The summed E-state index contributed by atoms with van der Waals surface area (Å²) in [7, 11) is -1.74. The summed E-state index contributed by atoms with van der Waals surface area (Å²) in [5, 5.41) is 20.8. The number of rotatable bonds is 2. The molecule has 6 N–H and O–H groups in total. The minimum atomic E-state index is -1.74. The predicted octanol–water partition coefficient (Wildman–Crippen LogP) is 6.53. The van der Waals surface area contributed by atoms with Crippen molar-refractivity contribution in [3.8, 4) is 11.5 Å². The molecule has 6 rings (SSSR count). The third-order valence-electron chi connectivity index (χ3n) is 6.90. The van der Waals surface area contributed by atoms with E-state index in [1.807, 2.05) is 71.0 Å². The van der Waals surface area contributed by atoms with Crippen LogP contribution in [0, 0.1) is 13.8 Å². The molecular formula is C37H46BClN8O6. The van der Waals surface area contributed by atoms with E-state index in [0.29, 0.717) is 28.4 Å². The molecule has 2 aromatic carbocycles. The van der Waals surface area contributed by atoms with Crippen LogP contribution in [0.25, 0.3) is 33.3 Å². The molecule has 0 bridgehead atoms. The number of benzene rings is 2. The molecule has 0 saturated heterocycles. The molecule has 4 aromatic heterocycles. The van der Waals surface area contributed by atoms with Crippen LogP contribution < -0.4 is 17.1 Å². The van der Waals surface area contributed by atoms with Crippen molar-refractivity contribution in [1.29, 1.82) is 0 Å². The smallest absolute Gasteiger partial charge is 0.443 e. The molecule has 14 nitrogen and oxygen atoms in total. The average molecular weight is 745 g/mol. The number of aromatic nitrogens is 6. The lowest BCUT2D eigenvalue weighted by molar-refractivity contribution is 0.0536. The Balaban J connectivity index is 0.000000235. The van der Waals surface area contributed by atoms with Crippen molar-refractivity contribution in [1.82, 2.24) is 29.1 Å². The summed E-state index contributed by atoms with van der Waals surface area (Å²) in [5.41, 5.74) is 14.8. The Labute approximate surface area is 313 Å². The highest BCUT2D eigenvalue weighted by Crippen LogP contribution is 2.28. The number of carbonyl (C=O) groups excluding carboxylic acids is 2. The second-order valence-corrected chi connectivity index (χ2v) is 14.2. The Morgan fingerprint density at radius 3 is 1.55 bits per heavy atom. The van der Waals surface area contributed by atoms with E-state index in [1.165, 1.54) is 33.9 Å². The fourth-order valence-corrected chi connectivity index (χ4v) is 4.95. The first kappa shape index (κ1) is 41.9. The van der Waals surface area contributed by atoms with Gasteiger partial charge in [0.1, 0.15) is 11.2 Å². The van der Waals surface area contributed by atoms with E-state index in [0.717, 1.165) is 27.4 Å². The molecule has 0 unspecified atom stereocenters. The SMILES string of the molecule is C.Cc1ccc2c(c1)cc(-c1ncc(N)cn1)n2C(=O)OC(C)(C)C.Cc1ccc2c(c1)cc(B(O)O)n2C(=O)OC(C)(C)C.Nc1cnc(Cl)nc1. The first-order chi connectivity index (χ1) is 24.2. The Morgan fingerprint density at radius 1 is 0.698 bits per heavy atom. The standard InChI is InChI=1S/C18H20N4O2.C14H18BNO4.C4H4ClN3.CH4/c1-11-5-6-14-12(7-11)8-15(16-20-9-13(19)10-21-16)22(14)17(23)24-18(2,3)4;1-9-5-6-11-10(7-9)8-12(15(18)19)16(11)13(17)20-14(2,3)4;5-4-7-1-3(6)2-8-4;/h5-10H,19H2,1-4H3;5-8,18-19H,1-4H3;1-2H,6H2;1H4. The molecule has 0 fully saturated rings. The van der Waals surface area contributed by atoms with Crippen molar-refractivity contribution in [3.63, 3.8) is 0 Å². The Kier molecular flexibility index (Phi) is 13.4. The molecule has 0 aliphatic rings. The number of hydrogen-bond donors (Lipinski definition) is 4. The summed E-state index contributed by atoms with van der Waals surface area (Å²) < 4.78 is 13.6. The van der Waals surface area contributed by atoms with Crippen molar-refractivity contribution in [3.05, 3.63) is 89.7 Å². The largest absolute Gasteiger partial charge is 0.506 e. The van der Waals surface area contributed by atoms with Gasteiger partial charge in [0.15, 0.2) is 5.82 Å². The average Bonchev–Trinajstić information content (AvgIpc) is 3.60. The normalized spacial score (nSPS) is 11.1. The van der Waals surface area contributed by atoms with Crippen molar-refractivity contribution >= 4 is 69.7 Å². The lowest BCUT2D eigenvalue weighted by Crippen LogP contribution is -2.40. The van der Waals surface area contributed by atoms with E-state index in [4.69, 9.17) is 32.5 Å². The van der Waals surface area contributed by atoms with Gasteiger partial charge in [0, 0.05) is 10.8 Å². The minimum absolute atomic E-state index is 0. The second kappa shape index (κ2) is 16.9. The topological polar surface area (TPSA) is 207 Å². The number of anilines is 2. The quantitative estimate of drug-likeness (QED) is 0.110. The van der Waals surface area contributed by atoms with Gasteiger partial charge in [-0.2, -0.15) is 0 Å². The number of ether oxygens (including phenoxy) is 2.